The van der Waals surface area contributed by atoms with Gasteiger partial charge in [-0.1, -0.05) is 23.8 Å². The Morgan fingerprint density at radius 2 is 1.94 bits per heavy atom. The van der Waals surface area contributed by atoms with Gasteiger partial charge in [-0.05, 0) is 38.3 Å². The predicted octanol–water partition coefficient (Wildman–Crippen LogP) is 1.79. The van der Waals surface area contributed by atoms with Crippen molar-refractivity contribution in [2.24, 2.45) is 0 Å². The number of aryl methyl sites for hydroxylation is 2. The maximum Gasteiger partial charge on any atom is 0.211 e. The van der Waals surface area contributed by atoms with Gasteiger partial charge in [0.2, 0.25) is 10.0 Å². The fraction of sp³-hybridized carbons (Fsp3) is 0.500. The van der Waals surface area contributed by atoms with Gasteiger partial charge in [-0.3, -0.25) is 0 Å². The van der Waals surface area contributed by atoms with Gasteiger partial charge in [-0.2, -0.15) is 0 Å². The lowest BCUT2D eigenvalue weighted by molar-refractivity contribution is 0.583. The van der Waals surface area contributed by atoms with E-state index in [4.69, 9.17) is 0 Å². The molecule has 0 spiro atoms. The molecule has 0 bridgehead atoms. The van der Waals surface area contributed by atoms with Crippen LogP contribution in [0.1, 0.15) is 23.6 Å². The van der Waals surface area contributed by atoms with Crippen LogP contribution < -0.4 is 4.72 Å². The van der Waals surface area contributed by atoms with Crippen LogP contribution in [-0.2, 0) is 16.4 Å². The first-order valence-electron chi connectivity index (χ1n) is 5.48. The Morgan fingerprint density at radius 3 is 2.50 bits per heavy atom. The molecule has 3 nitrogen and oxygen atoms in total. The van der Waals surface area contributed by atoms with E-state index in [9.17, 15) is 8.42 Å². The zero-order valence-corrected chi connectivity index (χ0v) is 10.9. The number of nitrogens with one attached hydrogen (secondary N) is 1. The fourth-order valence-electron chi connectivity index (χ4n) is 1.57. The van der Waals surface area contributed by atoms with E-state index in [1.165, 1.54) is 16.7 Å². The second-order valence-electron chi connectivity index (χ2n) is 3.98. The number of sulfonamides is 1. The molecule has 1 aromatic carbocycles. The summed E-state index contributed by atoms with van der Waals surface area (Å²) in [5.74, 6) is 0.139. The quantitative estimate of drug-likeness (QED) is 0.854. The smallest absolute Gasteiger partial charge is 0.211 e. The van der Waals surface area contributed by atoms with E-state index in [0.29, 0.717) is 6.54 Å². The Balaban J connectivity index is 2.56. The maximum absolute atomic E-state index is 11.2. The van der Waals surface area contributed by atoms with Crippen molar-refractivity contribution in [2.75, 3.05) is 12.3 Å². The van der Waals surface area contributed by atoms with E-state index >= 15 is 0 Å². The van der Waals surface area contributed by atoms with Gasteiger partial charge in [-0.25, -0.2) is 13.1 Å². The lowest BCUT2D eigenvalue weighted by atomic mass is 10.0. The molecule has 0 aliphatic carbocycles. The van der Waals surface area contributed by atoms with Crippen molar-refractivity contribution >= 4 is 10.0 Å². The summed E-state index contributed by atoms with van der Waals surface area (Å²) in [6, 6.07) is 6.23. The van der Waals surface area contributed by atoms with Gasteiger partial charge in [-0.15, -0.1) is 0 Å². The highest BCUT2D eigenvalue weighted by Crippen LogP contribution is 2.10. The summed E-state index contributed by atoms with van der Waals surface area (Å²) in [4.78, 5) is 0. The monoisotopic (exact) mass is 241 g/mol. The van der Waals surface area contributed by atoms with Crippen molar-refractivity contribution in [3.8, 4) is 0 Å². The highest BCUT2D eigenvalue weighted by atomic mass is 32.2. The molecule has 0 aromatic heterocycles. The number of benzene rings is 1. The van der Waals surface area contributed by atoms with Crippen LogP contribution in [-0.4, -0.2) is 20.7 Å². The number of hydrogen-bond donors (Lipinski definition) is 1. The number of rotatable bonds is 5. The normalized spacial score (nSPS) is 11.7. The molecule has 0 atom stereocenters. The summed E-state index contributed by atoms with van der Waals surface area (Å²) in [5, 5.41) is 0. The van der Waals surface area contributed by atoms with Gasteiger partial charge in [0, 0.05) is 6.54 Å². The Hall–Kier alpha value is -0.870. The standard InChI is InChI=1S/C12H19NO2S/c1-4-16(14,15)13-8-7-12-6-5-10(2)9-11(12)3/h5-6,9,13H,4,7-8H2,1-3H3. The SMILES string of the molecule is CCS(=O)(=O)NCCc1ccc(C)cc1C. The zero-order chi connectivity index (χ0) is 12.2. The van der Waals surface area contributed by atoms with Gasteiger partial charge in [0.15, 0.2) is 0 Å². The van der Waals surface area contributed by atoms with Crippen molar-refractivity contribution in [3.63, 3.8) is 0 Å². The summed E-state index contributed by atoms with van der Waals surface area (Å²) in [5.41, 5.74) is 3.65. The summed E-state index contributed by atoms with van der Waals surface area (Å²) in [6.07, 6.45) is 0.741. The van der Waals surface area contributed by atoms with Crippen molar-refractivity contribution in [1.29, 1.82) is 0 Å². The van der Waals surface area contributed by atoms with E-state index in [0.717, 1.165) is 6.42 Å². The van der Waals surface area contributed by atoms with E-state index in [1.54, 1.807) is 6.92 Å². The molecule has 0 fully saturated rings. The van der Waals surface area contributed by atoms with Crippen LogP contribution in [0.5, 0.6) is 0 Å². The van der Waals surface area contributed by atoms with Crippen LogP contribution in [0.2, 0.25) is 0 Å². The molecule has 1 N–H and O–H groups in total. The van der Waals surface area contributed by atoms with Crippen molar-refractivity contribution in [1.82, 2.24) is 4.72 Å². The average Bonchev–Trinajstić information content (AvgIpc) is 2.21. The van der Waals surface area contributed by atoms with E-state index in [-0.39, 0.29) is 5.75 Å². The third-order valence-electron chi connectivity index (χ3n) is 2.59. The molecule has 1 rings (SSSR count). The second kappa shape index (κ2) is 5.46. The fourth-order valence-corrected chi connectivity index (χ4v) is 2.19. The molecule has 0 aliphatic heterocycles. The first-order chi connectivity index (χ1) is 7.44. The third-order valence-corrected chi connectivity index (χ3v) is 4.00. The van der Waals surface area contributed by atoms with Gasteiger partial charge in [0.25, 0.3) is 0 Å². The summed E-state index contributed by atoms with van der Waals surface area (Å²) < 4.78 is 25.0. The lowest BCUT2D eigenvalue weighted by Gasteiger charge is -2.08. The molecular weight excluding hydrogens is 222 g/mol. The third kappa shape index (κ3) is 3.94. The molecule has 0 saturated carbocycles. The van der Waals surface area contributed by atoms with Crippen molar-refractivity contribution in [3.05, 3.63) is 34.9 Å². The van der Waals surface area contributed by atoms with Crippen LogP contribution >= 0.6 is 0 Å². The molecule has 90 valence electrons. The van der Waals surface area contributed by atoms with Crippen LogP contribution in [0.4, 0.5) is 0 Å². The van der Waals surface area contributed by atoms with Crippen molar-refractivity contribution in [2.45, 2.75) is 27.2 Å². The molecule has 0 amide bonds. The largest absolute Gasteiger partial charge is 0.215 e. The zero-order valence-electron chi connectivity index (χ0n) is 10.1. The Labute approximate surface area is 97.9 Å². The van der Waals surface area contributed by atoms with Crippen LogP contribution in [0.25, 0.3) is 0 Å². The van der Waals surface area contributed by atoms with Gasteiger partial charge in [0.05, 0.1) is 5.75 Å². The lowest BCUT2D eigenvalue weighted by Crippen LogP contribution is -2.27. The van der Waals surface area contributed by atoms with Gasteiger partial charge < -0.3 is 0 Å². The van der Waals surface area contributed by atoms with E-state index < -0.39 is 10.0 Å². The average molecular weight is 241 g/mol. The van der Waals surface area contributed by atoms with Gasteiger partial charge >= 0.3 is 0 Å². The molecule has 0 saturated heterocycles. The minimum Gasteiger partial charge on any atom is -0.215 e. The Kier molecular flexibility index (Phi) is 4.50. The number of hydrogen-bond acceptors (Lipinski definition) is 2. The molecule has 0 aliphatic rings. The molecular formula is C12H19NO2S. The minimum atomic E-state index is -3.06. The summed E-state index contributed by atoms with van der Waals surface area (Å²) >= 11 is 0. The molecule has 16 heavy (non-hydrogen) atoms. The van der Waals surface area contributed by atoms with Gasteiger partial charge in [0.1, 0.15) is 0 Å². The molecule has 0 unspecified atom stereocenters. The second-order valence-corrected chi connectivity index (χ2v) is 6.07. The van der Waals surface area contributed by atoms with Crippen LogP contribution in [0, 0.1) is 13.8 Å². The minimum absolute atomic E-state index is 0.139. The van der Waals surface area contributed by atoms with E-state index in [2.05, 4.69) is 36.8 Å². The molecule has 0 heterocycles. The Bertz CT molecular complexity index is 452. The highest BCUT2D eigenvalue weighted by Gasteiger charge is 2.05. The maximum atomic E-state index is 11.2. The summed E-state index contributed by atoms with van der Waals surface area (Å²) in [6.45, 7) is 6.22. The Morgan fingerprint density at radius 1 is 1.25 bits per heavy atom. The summed E-state index contributed by atoms with van der Waals surface area (Å²) in [7, 11) is -3.06. The van der Waals surface area contributed by atoms with E-state index in [1.807, 2.05) is 0 Å². The highest BCUT2D eigenvalue weighted by molar-refractivity contribution is 7.89. The van der Waals surface area contributed by atoms with Crippen molar-refractivity contribution < 1.29 is 8.42 Å². The van der Waals surface area contributed by atoms with Crippen LogP contribution in [0.3, 0.4) is 0 Å². The molecule has 0 radical (unpaired) electrons. The molecule has 1 aromatic rings. The topological polar surface area (TPSA) is 46.2 Å². The predicted molar refractivity (Wildman–Crippen MR) is 67.1 cm³/mol. The first-order valence-corrected chi connectivity index (χ1v) is 7.13. The molecule has 4 heteroatoms. The first kappa shape index (κ1) is 13.2. The van der Waals surface area contributed by atoms with Crippen LogP contribution in [0.15, 0.2) is 18.2 Å².